The fourth-order valence-corrected chi connectivity index (χ4v) is 2.35. The van der Waals surface area contributed by atoms with E-state index in [-0.39, 0.29) is 17.9 Å². The van der Waals surface area contributed by atoms with Gasteiger partial charge in [0, 0.05) is 25.0 Å². The maximum atomic E-state index is 13.2. The van der Waals surface area contributed by atoms with Crippen LogP contribution < -0.4 is 11.3 Å². The van der Waals surface area contributed by atoms with Crippen LogP contribution in [0.1, 0.15) is 17.3 Å². The van der Waals surface area contributed by atoms with E-state index >= 15 is 0 Å². The van der Waals surface area contributed by atoms with Gasteiger partial charge >= 0.3 is 0 Å². The number of nitrogens with zero attached hydrogens (tertiary/aromatic N) is 3. The first-order chi connectivity index (χ1) is 10.0. The average molecular weight is 286 g/mol. The summed E-state index contributed by atoms with van der Waals surface area (Å²) in [6, 6.07) is 7.38. The quantitative estimate of drug-likeness (QED) is 0.796. The molecule has 3 aromatic rings. The molecule has 0 fully saturated rings. The summed E-state index contributed by atoms with van der Waals surface area (Å²) in [5.41, 5.74) is 7.84. The SMILES string of the molecule is Cc1cc2c(=O)n(CC(N)c3cccc(F)c3)ccn2n1. The van der Waals surface area contributed by atoms with Gasteiger partial charge in [0.1, 0.15) is 11.3 Å². The van der Waals surface area contributed by atoms with Crippen LogP contribution in [0.3, 0.4) is 0 Å². The average Bonchev–Trinajstić information content (AvgIpc) is 2.83. The smallest absolute Gasteiger partial charge is 0.276 e. The molecule has 108 valence electrons. The molecule has 2 heterocycles. The Morgan fingerprint density at radius 1 is 1.33 bits per heavy atom. The lowest BCUT2D eigenvalue weighted by molar-refractivity contribution is 0.553. The van der Waals surface area contributed by atoms with E-state index in [1.807, 2.05) is 6.92 Å². The van der Waals surface area contributed by atoms with Crippen LogP contribution in [0.5, 0.6) is 0 Å². The molecule has 0 saturated heterocycles. The molecule has 0 saturated carbocycles. The van der Waals surface area contributed by atoms with E-state index in [0.717, 1.165) is 5.69 Å². The van der Waals surface area contributed by atoms with Crippen molar-refractivity contribution in [2.75, 3.05) is 0 Å². The predicted molar refractivity (Wildman–Crippen MR) is 77.5 cm³/mol. The molecule has 21 heavy (non-hydrogen) atoms. The molecule has 3 rings (SSSR count). The van der Waals surface area contributed by atoms with E-state index in [1.165, 1.54) is 16.7 Å². The number of fused-ring (bicyclic) bond motifs is 1. The van der Waals surface area contributed by atoms with E-state index < -0.39 is 6.04 Å². The second-order valence-corrected chi connectivity index (χ2v) is 5.03. The highest BCUT2D eigenvalue weighted by Crippen LogP contribution is 2.13. The summed E-state index contributed by atoms with van der Waals surface area (Å²) in [7, 11) is 0. The van der Waals surface area contributed by atoms with Crippen LogP contribution in [0.25, 0.3) is 5.52 Å². The van der Waals surface area contributed by atoms with Crippen molar-refractivity contribution in [3.63, 3.8) is 0 Å². The van der Waals surface area contributed by atoms with E-state index in [1.54, 1.807) is 35.1 Å². The molecule has 6 heteroatoms. The first kappa shape index (κ1) is 13.5. The van der Waals surface area contributed by atoms with Crippen LogP contribution in [-0.4, -0.2) is 14.2 Å². The summed E-state index contributed by atoms with van der Waals surface area (Å²) in [5.74, 6) is -0.336. The van der Waals surface area contributed by atoms with Gasteiger partial charge in [0.15, 0.2) is 0 Å². The number of halogens is 1. The molecule has 5 nitrogen and oxygen atoms in total. The zero-order chi connectivity index (χ0) is 15.0. The Hall–Kier alpha value is -2.47. The number of aryl methyl sites for hydroxylation is 1. The Morgan fingerprint density at radius 3 is 2.90 bits per heavy atom. The van der Waals surface area contributed by atoms with Crippen molar-refractivity contribution >= 4 is 5.52 Å². The van der Waals surface area contributed by atoms with Crippen LogP contribution >= 0.6 is 0 Å². The van der Waals surface area contributed by atoms with E-state index in [9.17, 15) is 9.18 Å². The van der Waals surface area contributed by atoms with Crippen LogP contribution in [0, 0.1) is 12.7 Å². The number of nitrogens with two attached hydrogens (primary N) is 1. The summed E-state index contributed by atoms with van der Waals surface area (Å²) in [5, 5.41) is 4.19. The molecular weight excluding hydrogens is 271 g/mol. The van der Waals surface area contributed by atoms with Crippen molar-refractivity contribution < 1.29 is 4.39 Å². The first-order valence-corrected chi connectivity index (χ1v) is 6.61. The Labute approximate surface area is 120 Å². The molecular formula is C15H15FN4O. The minimum absolute atomic E-state index is 0.162. The van der Waals surface area contributed by atoms with Gasteiger partial charge in [0.2, 0.25) is 0 Å². The van der Waals surface area contributed by atoms with Crippen molar-refractivity contribution in [1.29, 1.82) is 0 Å². The van der Waals surface area contributed by atoms with Gasteiger partial charge < -0.3 is 10.3 Å². The molecule has 2 aromatic heterocycles. The largest absolute Gasteiger partial charge is 0.322 e. The number of rotatable bonds is 3. The molecule has 2 N–H and O–H groups in total. The van der Waals surface area contributed by atoms with Crippen LogP contribution in [0.2, 0.25) is 0 Å². The Balaban J connectivity index is 1.94. The molecule has 1 unspecified atom stereocenters. The van der Waals surface area contributed by atoms with Crippen LogP contribution in [0.15, 0.2) is 47.5 Å². The fraction of sp³-hybridized carbons (Fsp3) is 0.200. The minimum atomic E-state index is -0.454. The summed E-state index contributed by atoms with van der Waals surface area (Å²) in [6.07, 6.45) is 3.35. The molecule has 0 aliphatic carbocycles. The van der Waals surface area contributed by atoms with Gasteiger partial charge in [-0.2, -0.15) is 5.10 Å². The third kappa shape index (κ3) is 2.57. The molecule has 0 radical (unpaired) electrons. The van der Waals surface area contributed by atoms with Crippen molar-refractivity contribution in [1.82, 2.24) is 14.2 Å². The highest BCUT2D eigenvalue weighted by atomic mass is 19.1. The van der Waals surface area contributed by atoms with Crippen molar-refractivity contribution in [3.8, 4) is 0 Å². The summed E-state index contributed by atoms with van der Waals surface area (Å²) in [6.45, 7) is 2.11. The van der Waals surface area contributed by atoms with Crippen molar-refractivity contribution in [2.24, 2.45) is 5.73 Å². The molecule has 1 aromatic carbocycles. The number of hydrogen-bond donors (Lipinski definition) is 1. The fourth-order valence-electron chi connectivity index (χ4n) is 2.35. The Bertz CT molecular complexity index is 852. The zero-order valence-electron chi connectivity index (χ0n) is 11.5. The predicted octanol–water partition coefficient (Wildman–Crippen LogP) is 1.64. The normalized spacial score (nSPS) is 12.7. The molecule has 0 aliphatic heterocycles. The standard InChI is InChI=1S/C15H15FN4O/c1-10-7-14-15(21)19(5-6-20(14)18-10)9-13(17)11-3-2-4-12(16)8-11/h2-8,13H,9,17H2,1H3. The molecule has 0 amide bonds. The van der Waals surface area contributed by atoms with Crippen LogP contribution in [-0.2, 0) is 6.54 Å². The summed E-state index contributed by atoms with van der Waals surface area (Å²) < 4.78 is 16.3. The first-order valence-electron chi connectivity index (χ1n) is 6.61. The van der Waals surface area contributed by atoms with E-state index in [4.69, 9.17) is 5.73 Å². The Kier molecular flexibility index (Phi) is 3.31. The van der Waals surface area contributed by atoms with Gasteiger partial charge in [-0.25, -0.2) is 8.91 Å². The molecule has 0 bridgehead atoms. The third-order valence-electron chi connectivity index (χ3n) is 3.40. The highest BCUT2D eigenvalue weighted by molar-refractivity contribution is 5.44. The third-order valence-corrected chi connectivity index (χ3v) is 3.40. The number of aromatic nitrogens is 3. The van der Waals surface area contributed by atoms with Gasteiger partial charge in [-0.1, -0.05) is 12.1 Å². The van der Waals surface area contributed by atoms with E-state index in [0.29, 0.717) is 11.1 Å². The van der Waals surface area contributed by atoms with Gasteiger partial charge in [-0.15, -0.1) is 0 Å². The van der Waals surface area contributed by atoms with E-state index in [2.05, 4.69) is 5.10 Å². The number of benzene rings is 1. The van der Waals surface area contributed by atoms with Crippen molar-refractivity contribution in [3.05, 3.63) is 70.2 Å². The minimum Gasteiger partial charge on any atom is -0.322 e. The topological polar surface area (TPSA) is 65.3 Å². The van der Waals surface area contributed by atoms with Gasteiger partial charge in [-0.3, -0.25) is 4.79 Å². The van der Waals surface area contributed by atoms with Crippen molar-refractivity contribution in [2.45, 2.75) is 19.5 Å². The highest BCUT2D eigenvalue weighted by Gasteiger charge is 2.11. The maximum absolute atomic E-state index is 13.2. The monoisotopic (exact) mass is 286 g/mol. The van der Waals surface area contributed by atoms with Gasteiger partial charge in [-0.05, 0) is 30.7 Å². The lowest BCUT2D eigenvalue weighted by Gasteiger charge is -2.14. The lowest BCUT2D eigenvalue weighted by Crippen LogP contribution is -2.27. The van der Waals surface area contributed by atoms with Gasteiger partial charge in [0.25, 0.3) is 5.56 Å². The number of hydrogen-bond acceptors (Lipinski definition) is 3. The second kappa shape index (κ2) is 5.14. The molecule has 0 aliphatic rings. The second-order valence-electron chi connectivity index (χ2n) is 5.03. The maximum Gasteiger partial charge on any atom is 0.276 e. The lowest BCUT2D eigenvalue weighted by atomic mass is 10.1. The summed E-state index contributed by atoms with van der Waals surface area (Å²) >= 11 is 0. The molecule has 0 spiro atoms. The zero-order valence-corrected chi connectivity index (χ0v) is 11.5. The van der Waals surface area contributed by atoms with Crippen LogP contribution in [0.4, 0.5) is 4.39 Å². The summed E-state index contributed by atoms with van der Waals surface area (Å²) in [4.78, 5) is 12.3. The van der Waals surface area contributed by atoms with Gasteiger partial charge in [0.05, 0.1) is 5.69 Å². The Morgan fingerprint density at radius 2 is 2.14 bits per heavy atom. The molecule has 1 atom stereocenters.